The van der Waals surface area contributed by atoms with Crippen LogP contribution in [-0.2, 0) is 0 Å². The zero-order valence-corrected chi connectivity index (χ0v) is 8.09. The number of anilines is 1. The minimum atomic E-state index is -0.0974. The Morgan fingerprint density at radius 3 is 2.62 bits per heavy atom. The van der Waals surface area contributed by atoms with Gasteiger partial charge in [-0.05, 0) is 20.9 Å². The van der Waals surface area contributed by atoms with E-state index in [2.05, 4.69) is 10.4 Å². The van der Waals surface area contributed by atoms with Crippen molar-refractivity contribution >= 4 is 11.6 Å². The summed E-state index contributed by atoms with van der Waals surface area (Å²) in [4.78, 5) is 11.4. The number of rotatable bonds is 2. The molecule has 0 aliphatic rings. The Labute approximate surface area is 76.9 Å². The number of carbonyl (C=O) groups is 1. The van der Waals surface area contributed by atoms with Gasteiger partial charge >= 0.3 is 0 Å². The zero-order valence-electron chi connectivity index (χ0n) is 8.09. The maximum absolute atomic E-state index is 11.4. The van der Waals surface area contributed by atoms with Crippen LogP contribution in [0, 0.1) is 13.8 Å². The molecule has 0 saturated heterocycles. The molecule has 0 fully saturated rings. The molecule has 0 amide bonds. The monoisotopic (exact) mass is 182 g/mol. The Hall–Kier alpha value is -1.36. The molecule has 72 valence electrons. The Morgan fingerprint density at radius 1 is 1.62 bits per heavy atom. The smallest absolute Gasteiger partial charge is 0.261 e. The molecule has 1 rings (SSSR count). The number of hydrogen-bond donors (Lipinski definition) is 2. The fourth-order valence-electron chi connectivity index (χ4n) is 1.12. The molecule has 0 radical (unpaired) electrons. The first-order chi connectivity index (χ1) is 6.07. The largest absolute Gasteiger partial charge is 0.396 e. The van der Waals surface area contributed by atoms with Gasteiger partial charge in [-0.3, -0.25) is 4.79 Å². The van der Waals surface area contributed by atoms with E-state index in [9.17, 15) is 4.79 Å². The van der Waals surface area contributed by atoms with E-state index in [0.29, 0.717) is 17.1 Å². The molecule has 5 nitrogen and oxygen atoms in total. The lowest BCUT2D eigenvalue weighted by molar-refractivity contribution is 0.0896. The van der Waals surface area contributed by atoms with Crippen molar-refractivity contribution in [3.8, 4) is 0 Å². The van der Waals surface area contributed by atoms with Crippen LogP contribution in [0.4, 0.5) is 5.69 Å². The Balaban J connectivity index is 3.01. The summed E-state index contributed by atoms with van der Waals surface area (Å²) >= 11 is 0. The highest BCUT2D eigenvalue weighted by Gasteiger charge is 2.12. The zero-order chi connectivity index (χ0) is 10.0. The van der Waals surface area contributed by atoms with E-state index in [0.717, 1.165) is 0 Å². The lowest BCUT2D eigenvalue weighted by Gasteiger charge is -2.01. The van der Waals surface area contributed by atoms with E-state index in [1.165, 1.54) is 4.68 Å². The molecule has 0 atom stereocenters. The Morgan fingerprint density at radius 2 is 2.23 bits per heavy atom. The van der Waals surface area contributed by atoms with Crippen LogP contribution in [0.5, 0.6) is 0 Å². The molecule has 3 N–H and O–H groups in total. The van der Waals surface area contributed by atoms with Crippen LogP contribution in [0.2, 0.25) is 0 Å². The average molecular weight is 182 g/mol. The number of nitrogens with zero attached hydrogens (tertiary/aromatic N) is 2. The molecule has 0 bridgehead atoms. The topological polar surface area (TPSA) is 72.9 Å². The van der Waals surface area contributed by atoms with Crippen molar-refractivity contribution in [2.24, 2.45) is 0 Å². The lowest BCUT2D eigenvalue weighted by Crippen LogP contribution is -2.26. The van der Waals surface area contributed by atoms with Crippen LogP contribution >= 0.6 is 0 Å². The van der Waals surface area contributed by atoms with Crippen molar-refractivity contribution < 1.29 is 4.79 Å². The van der Waals surface area contributed by atoms with Gasteiger partial charge in [0.25, 0.3) is 5.91 Å². The van der Waals surface area contributed by atoms with Gasteiger partial charge in [-0.2, -0.15) is 5.10 Å². The Bertz CT molecular complexity index is 329. The maximum Gasteiger partial charge on any atom is 0.261 e. The van der Waals surface area contributed by atoms with Gasteiger partial charge in [0.2, 0.25) is 0 Å². The van der Waals surface area contributed by atoms with Gasteiger partial charge in [0.1, 0.15) is 0 Å². The summed E-state index contributed by atoms with van der Waals surface area (Å²) in [6.07, 6.45) is 0. The molecule has 0 aromatic carbocycles. The number of nitrogens with one attached hydrogen (secondary N) is 1. The van der Waals surface area contributed by atoms with Crippen LogP contribution < -0.4 is 11.1 Å². The van der Waals surface area contributed by atoms with Crippen molar-refractivity contribution in [3.05, 3.63) is 11.4 Å². The second-order valence-electron chi connectivity index (χ2n) is 2.92. The lowest BCUT2D eigenvalue weighted by atomic mass is 10.3. The number of aryl methyl sites for hydroxylation is 1. The van der Waals surface area contributed by atoms with Gasteiger partial charge in [-0.15, -0.1) is 0 Å². The molecular weight excluding hydrogens is 168 g/mol. The fourth-order valence-corrected chi connectivity index (χ4v) is 1.12. The molecule has 13 heavy (non-hydrogen) atoms. The third-order valence-electron chi connectivity index (χ3n) is 1.91. The highest BCUT2D eigenvalue weighted by atomic mass is 16.2. The summed E-state index contributed by atoms with van der Waals surface area (Å²) in [5.41, 5.74) is 7.67. The fraction of sp³-hybridized carbons (Fsp3) is 0.500. The molecule has 0 saturated carbocycles. The molecule has 5 heteroatoms. The molecule has 0 unspecified atom stereocenters. The quantitative estimate of drug-likeness (QED) is 0.672. The normalized spacial score (nSPS) is 10.4. The first kappa shape index (κ1) is 9.73. The van der Waals surface area contributed by atoms with Crippen LogP contribution in [0.3, 0.4) is 0 Å². The van der Waals surface area contributed by atoms with E-state index >= 15 is 0 Å². The number of nitrogens with two attached hydrogens (primary N) is 1. The van der Waals surface area contributed by atoms with E-state index in [1.54, 1.807) is 20.9 Å². The molecule has 0 spiro atoms. The molecule has 1 aromatic rings. The van der Waals surface area contributed by atoms with Crippen molar-refractivity contribution in [1.82, 2.24) is 15.1 Å². The van der Waals surface area contributed by atoms with Gasteiger partial charge in [0.05, 0.1) is 23.6 Å². The van der Waals surface area contributed by atoms with E-state index in [4.69, 9.17) is 5.73 Å². The summed E-state index contributed by atoms with van der Waals surface area (Å²) < 4.78 is 1.33. The van der Waals surface area contributed by atoms with Gasteiger partial charge in [-0.25, -0.2) is 4.68 Å². The standard InChI is InChI=1S/C8H14N4O/c1-5-8(9)6(2)12(11-5)7(13)4-10-3/h10H,4,9H2,1-3H3. The minimum Gasteiger partial charge on any atom is -0.396 e. The second kappa shape index (κ2) is 3.57. The number of likely N-dealkylation sites (N-methyl/N-ethyl adjacent to an activating group) is 1. The van der Waals surface area contributed by atoms with Gasteiger partial charge in [-0.1, -0.05) is 0 Å². The van der Waals surface area contributed by atoms with Crippen molar-refractivity contribution in [2.75, 3.05) is 19.3 Å². The average Bonchev–Trinajstić information content (AvgIpc) is 2.33. The summed E-state index contributed by atoms with van der Waals surface area (Å²) in [6.45, 7) is 3.83. The third kappa shape index (κ3) is 1.70. The highest BCUT2D eigenvalue weighted by Crippen LogP contribution is 2.13. The SMILES string of the molecule is CNCC(=O)n1nc(C)c(N)c1C. The summed E-state index contributed by atoms with van der Waals surface area (Å²) in [5, 5.41) is 6.80. The van der Waals surface area contributed by atoms with Gasteiger partial charge in [0, 0.05) is 0 Å². The predicted molar refractivity (Wildman–Crippen MR) is 50.7 cm³/mol. The highest BCUT2D eigenvalue weighted by molar-refractivity contribution is 5.82. The minimum absolute atomic E-state index is 0.0974. The number of aromatic nitrogens is 2. The van der Waals surface area contributed by atoms with E-state index in [1.807, 2.05) is 0 Å². The molecular formula is C8H14N4O. The molecule has 1 aromatic heterocycles. The predicted octanol–water partition coefficient (Wildman–Crippen LogP) is -0.0583. The summed E-state index contributed by atoms with van der Waals surface area (Å²) in [6, 6.07) is 0. The van der Waals surface area contributed by atoms with E-state index in [-0.39, 0.29) is 12.5 Å². The van der Waals surface area contributed by atoms with Crippen molar-refractivity contribution in [3.63, 3.8) is 0 Å². The van der Waals surface area contributed by atoms with Crippen LogP contribution in [0.1, 0.15) is 16.2 Å². The first-order valence-corrected chi connectivity index (χ1v) is 4.07. The van der Waals surface area contributed by atoms with Gasteiger partial charge in [0.15, 0.2) is 0 Å². The van der Waals surface area contributed by atoms with Crippen LogP contribution in [-0.4, -0.2) is 29.3 Å². The molecule has 0 aliphatic heterocycles. The molecule has 1 heterocycles. The van der Waals surface area contributed by atoms with E-state index < -0.39 is 0 Å². The molecule has 0 aliphatic carbocycles. The Kier molecular flexibility index (Phi) is 2.67. The summed E-state index contributed by atoms with van der Waals surface area (Å²) in [7, 11) is 1.72. The summed E-state index contributed by atoms with van der Waals surface area (Å²) in [5.74, 6) is -0.0974. The number of nitrogen functional groups attached to an aromatic ring is 1. The maximum atomic E-state index is 11.4. The van der Waals surface area contributed by atoms with Crippen molar-refractivity contribution in [2.45, 2.75) is 13.8 Å². The first-order valence-electron chi connectivity index (χ1n) is 4.07. The van der Waals surface area contributed by atoms with Gasteiger partial charge < -0.3 is 11.1 Å². The number of carbonyl (C=O) groups excluding carboxylic acids is 1. The van der Waals surface area contributed by atoms with Crippen LogP contribution in [0.15, 0.2) is 0 Å². The van der Waals surface area contributed by atoms with Crippen molar-refractivity contribution in [1.29, 1.82) is 0 Å². The van der Waals surface area contributed by atoms with Crippen LogP contribution in [0.25, 0.3) is 0 Å². The third-order valence-corrected chi connectivity index (χ3v) is 1.91. The second-order valence-corrected chi connectivity index (χ2v) is 2.92. The number of hydrogen-bond acceptors (Lipinski definition) is 4.